The molecule has 1 aromatic carbocycles. The van der Waals surface area contributed by atoms with Crippen LogP contribution in [-0.4, -0.2) is 27.4 Å². The molecule has 0 amide bonds. The van der Waals surface area contributed by atoms with Crippen LogP contribution < -0.4 is 5.32 Å². The van der Waals surface area contributed by atoms with Crippen molar-refractivity contribution in [2.75, 3.05) is 6.54 Å². The minimum atomic E-state index is 0.421. The van der Waals surface area contributed by atoms with E-state index in [9.17, 15) is 0 Å². The van der Waals surface area contributed by atoms with Crippen molar-refractivity contribution in [2.24, 2.45) is 7.05 Å². The maximum Gasteiger partial charge on any atom is 0.151 e. The summed E-state index contributed by atoms with van der Waals surface area (Å²) in [5.41, 5.74) is 1.29. The molecule has 0 bridgehead atoms. The lowest BCUT2D eigenvalue weighted by atomic mass is 10.1. The van der Waals surface area contributed by atoms with Crippen LogP contribution in [0.5, 0.6) is 0 Å². The first-order valence-corrected chi connectivity index (χ1v) is 6.83. The molecule has 1 heterocycles. The van der Waals surface area contributed by atoms with Gasteiger partial charge in [0.2, 0.25) is 0 Å². The van der Waals surface area contributed by atoms with Crippen LogP contribution >= 0.6 is 11.6 Å². The average molecular weight is 279 g/mol. The third kappa shape index (κ3) is 4.65. The standard InChI is InChI=1S/C14H19ClN4/c1-11(9-12-3-5-13(15)6-4-12)16-8-7-14-17-10-19(2)18-14/h3-6,10-11,16H,7-9H2,1-2H3. The minimum absolute atomic E-state index is 0.421. The van der Waals surface area contributed by atoms with Crippen LogP contribution in [0.1, 0.15) is 18.3 Å². The molecule has 102 valence electrons. The van der Waals surface area contributed by atoms with Crippen molar-refractivity contribution in [2.45, 2.75) is 25.8 Å². The zero-order valence-electron chi connectivity index (χ0n) is 11.3. The largest absolute Gasteiger partial charge is 0.313 e. The van der Waals surface area contributed by atoms with E-state index in [-0.39, 0.29) is 0 Å². The zero-order chi connectivity index (χ0) is 13.7. The van der Waals surface area contributed by atoms with E-state index in [1.807, 2.05) is 19.2 Å². The highest BCUT2D eigenvalue weighted by Crippen LogP contribution is 2.10. The van der Waals surface area contributed by atoms with Crippen molar-refractivity contribution in [1.29, 1.82) is 0 Å². The molecule has 0 aliphatic carbocycles. The molecule has 1 atom stereocenters. The van der Waals surface area contributed by atoms with Crippen LogP contribution in [0.15, 0.2) is 30.6 Å². The second kappa shape index (κ2) is 6.68. The fourth-order valence-corrected chi connectivity index (χ4v) is 2.10. The lowest BCUT2D eigenvalue weighted by Gasteiger charge is -2.13. The number of rotatable bonds is 6. The van der Waals surface area contributed by atoms with Crippen LogP contribution in [0.25, 0.3) is 0 Å². The van der Waals surface area contributed by atoms with E-state index >= 15 is 0 Å². The molecule has 19 heavy (non-hydrogen) atoms. The highest BCUT2D eigenvalue weighted by Gasteiger charge is 2.04. The summed E-state index contributed by atoms with van der Waals surface area (Å²) < 4.78 is 1.73. The van der Waals surface area contributed by atoms with Gasteiger partial charge in [0.1, 0.15) is 6.33 Å². The van der Waals surface area contributed by atoms with Gasteiger partial charge in [-0.2, -0.15) is 5.10 Å². The van der Waals surface area contributed by atoms with Gasteiger partial charge in [0.15, 0.2) is 5.82 Å². The summed E-state index contributed by atoms with van der Waals surface area (Å²) in [6.07, 6.45) is 3.57. The third-order valence-corrected chi connectivity index (χ3v) is 3.20. The molecule has 1 N–H and O–H groups in total. The summed E-state index contributed by atoms with van der Waals surface area (Å²) in [6.45, 7) is 3.07. The zero-order valence-corrected chi connectivity index (χ0v) is 12.1. The Morgan fingerprint density at radius 3 is 2.68 bits per heavy atom. The van der Waals surface area contributed by atoms with Gasteiger partial charge >= 0.3 is 0 Å². The molecule has 0 saturated carbocycles. The van der Waals surface area contributed by atoms with Gasteiger partial charge in [0, 0.05) is 31.1 Å². The molecule has 1 aromatic heterocycles. The van der Waals surface area contributed by atoms with Crippen LogP contribution in [0.2, 0.25) is 5.02 Å². The van der Waals surface area contributed by atoms with Crippen LogP contribution in [0.3, 0.4) is 0 Å². The van der Waals surface area contributed by atoms with Crippen molar-refractivity contribution in [3.05, 3.63) is 47.0 Å². The Hall–Kier alpha value is -1.39. The van der Waals surface area contributed by atoms with Crippen LogP contribution in [-0.2, 0) is 19.9 Å². The second-order valence-electron chi connectivity index (χ2n) is 4.77. The quantitative estimate of drug-likeness (QED) is 0.881. The van der Waals surface area contributed by atoms with Gasteiger partial charge in [0.05, 0.1) is 0 Å². The lowest BCUT2D eigenvalue weighted by Crippen LogP contribution is -2.30. The Bertz CT molecular complexity index is 506. The highest BCUT2D eigenvalue weighted by molar-refractivity contribution is 6.30. The molecule has 0 fully saturated rings. The normalized spacial score (nSPS) is 12.6. The topological polar surface area (TPSA) is 42.7 Å². The van der Waals surface area contributed by atoms with E-state index in [4.69, 9.17) is 11.6 Å². The monoisotopic (exact) mass is 278 g/mol. The van der Waals surface area contributed by atoms with Gasteiger partial charge in [0.25, 0.3) is 0 Å². The average Bonchev–Trinajstić information content (AvgIpc) is 2.78. The van der Waals surface area contributed by atoms with Gasteiger partial charge < -0.3 is 5.32 Å². The van der Waals surface area contributed by atoms with Crippen molar-refractivity contribution in [3.8, 4) is 0 Å². The van der Waals surface area contributed by atoms with E-state index in [1.165, 1.54) is 5.56 Å². The molecule has 0 saturated heterocycles. The highest BCUT2D eigenvalue weighted by atomic mass is 35.5. The molecule has 0 spiro atoms. The number of aromatic nitrogens is 3. The Kier molecular flexibility index (Phi) is 4.93. The number of hydrogen-bond donors (Lipinski definition) is 1. The molecule has 0 radical (unpaired) electrons. The maximum absolute atomic E-state index is 5.87. The van der Waals surface area contributed by atoms with Gasteiger partial charge in [-0.1, -0.05) is 23.7 Å². The molecule has 2 aromatic rings. The maximum atomic E-state index is 5.87. The summed E-state index contributed by atoms with van der Waals surface area (Å²) >= 11 is 5.87. The van der Waals surface area contributed by atoms with E-state index in [0.29, 0.717) is 6.04 Å². The third-order valence-electron chi connectivity index (χ3n) is 2.94. The predicted molar refractivity (Wildman–Crippen MR) is 77.3 cm³/mol. The second-order valence-corrected chi connectivity index (χ2v) is 5.21. The summed E-state index contributed by atoms with van der Waals surface area (Å²) in [4.78, 5) is 4.20. The van der Waals surface area contributed by atoms with Crippen molar-refractivity contribution in [1.82, 2.24) is 20.1 Å². The van der Waals surface area contributed by atoms with Crippen LogP contribution in [0.4, 0.5) is 0 Å². The van der Waals surface area contributed by atoms with Crippen molar-refractivity contribution in [3.63, 3.8) is 0 Å². The summed E-state index contributed by atoms with van der Waals surface area (Å²) in [5, 5.41) is 8.52. The smallest absolute Gasteiger partial charge is 0.151 e. The van der Waals surface area contributed by atoms with Crippen molar-refractivity contribution >= 4 is 11.6 Å². The lowest BCUT2D eigenvalue weighted by molar-refractivity contribution is 0.542. The summed E-state index contributed by atoms with van der Waals surface area (Å²) in [7, 11) is 1.88. The first-order chi connectivity index (χ1) is 9.13. The van der Waals surface area contributed by atoms with Gasteiger partial charge in [-0.3, -0.25) is 4.68 Å². The molecule has 2 rings (SSSR count). The number of nitrogens with one attached hydrogen (secondary N) is 1. The molecule has 4 nitrogen and oxygen atoms in total. The molecular weight excluding hydrogens is 260 g/mol. The number of aryl methyl sites for hydroxylation is 1. The summed E-state index contributed by atoms with van der Waals surface area (Å²) in [6, 6.07) is 8.43. The molecule has 1 unspecified atom stereocenters. The van der Waals surface area contributed by atoms with E-state index < -0.39 is 0 Å². The van der Waals surface area contributed by atoms with Crippen molar-refractivity contribution < 1.29 is 0 Å². The van der Waals surface area contributed by atoms with E-state index in [0.717, 1.165) is 30.2 Å². The number of benzene rings is 1. The van der Waals surface area contributed by atoms with Gasteiger partial charge in [-0.05, 0) is 31.0 Å². The fourth-order valence-electron chi connectivity index (χ4n) is 1.98. The van der Waals surface area contributed by atoms with E-state index in [2.05, 4.69) is 34.5 Å². The molecule has 5 heteroatoms. The first kappa shape index (κ1) is 14.0. The predicted octanol–water partition coefficient (Wildman–Crippen LogP) is 2.23. The van der Waals surface area contributed by atoms with E-state index in [1.54, 1.807) is 11.0 Å². The summed E-state index contributed by atoms with van der Waals surface area (Å²) in [5.74, 6) is 0.883. The number of halogens is 1. The minimum Gasteiger partial charge on any atom is -0.313 e. The molecular formula is C14H19ClN4. The first-order valence-electron chi connectivity index (χ1n) is 6.46. The molecule has 0 aliphatic heterocycles. The Morgan fingerprint density at radius 1 is 1.32 bits per heavy atom. The Morgan fingerprint density at radius 2 is 2.05 bits per heavy atom. The van der Waals surface area contributed by atoms with Gasteiger partial charge in [-0.15, -0.1) is 0 Å². The Labute approximate surface area is 118 Å². The SMILES string of the molecule is CC(Cc1ccc(Cl)cc1)NCCc1ncn(C)n1. The Balaban J connectivity index is 1.72. The molecule has 0 aliphatic rings. The number of nitrogens with zero attached hydrogens (tertiary/aromatic N) is 3. The van der Waals surface area contributed by atoms with Crippen LogP contribution in [0, 0.1) is 0 Å². The van der Waals surface area contributed by atoms with Gasteiger partial charge in [-0.25, -0.2) is 4.98 Å². The fraction of sp³-hybridized carbons (Fsp3) is 0.429. The number of hydrogen-bond acceptors (Lipinski definition) is 3.